The number of rotatable bonds is 9. The Morgan fingerprint density at radius 2 is 1.40 bits per heavy atom. The molecule has 0 heterocycles. The summed E-state index contributed by atoms with van der Waals surface area (Å²) < 4.78 is 55.8. The van der Waals surface area contributed by atoms with Gasteiger partial charge in [-0.15, -0.1) is 0 Å². The van der Waals surface area contributed by atoms with Crippen LogP contribution in [-0.2, 0) is 24.8 Å². The lowest BCUT2D eigenvalue weighted by molar-refractivity contribution is -0.114. The van der Waals surface area contributed by atoms with Gasteiger partial charge in [-0.3, -0.25) is 13.8 Å². The molecular weight excluding hydrogens is 640 g/mol. The average Bonchev–Trinajstić information content (AvgIpc) is 2.91. The quantitative estimate of drug-likeness (QED) is 0.202. The predicted octanol–water partition coefficient (Wildman–Crippen LogP) is 6.94. The van der Waals surface area contributed by atoms with E-state index in [-0.39, 0.29) is 46.9 Å². The van der Waals surface area contributed by atoms with E-state index >= 15 is 0 Å². The van der Waals surface area contributed by atoms with Gasteiger partial charge in [0, 0.05) is 10.7 Å². The summed E-state index contributed by atoms with van der Waals surface area (Å²) in [4.78, 5) is 12.8. The molecule has 0 saturated carbocycles. The van der Waals surface area contributed by atoms with Crippen molar-refractivity contribution in [3.8, 4) is 0 Å². The number of carbonyl (C=O) groups is 1. The Hall–Kier alpha value is -2.99. The average molecular weight is 659 g/mol. The highest BCUT2D eigenvalue weighted by atomic mass is 35.5. The molecule has 0 spiro atoms. The molecule has 40 heavy (non-hydrogen) atoms. The molecule has 0 fully saturated rings. The third kappa shape index (κ3) is 6.83. The van der Waals surface area contributed by atoms with Crippen LogP contribution in [0.2, 0.25) is 20.1 Å². The molecule has 0 aliphatic rings. The first-order valence-corrected chi connectivity index (χ1v) is 15.7. The first kappa shape index (κ1) is 30.0. The molecule has 0 bridgehead atoms. The second-order valence-corrected chi connectivity index (χ2v) is 13.4. The van der Waals surface area contributed by atoms with Crippen LogP contribution in [0.4, 0.5) is 17.1 Å². The van der Waals surface area contributed by atoms with E-state index in [1.807, 2.05) is 0 Å². The molecule has 208 valence electrons. The summed E-state index contributed by atoms with van der Waals surface area (Å²) in [5.74, 6) is -0.704. The Balaban J connectivity index is 1.55. The summed E-state index contributed by atoms with van der Waals surface area (Å²) in [7, 11) is -8.23. The van der Waals surface area contributed by atoms with Gasteiger partial charge in [-0.25, -0.2) is 16.8 Å². The van der Waals surface area contributed by atoms with Crippen molar-refractivity contribution < 1.29 is 21.6 Å². The molecule has 0 aliphatic heterocycles. The van der Waals surface area contributed by atoms with E-state index in [1.165, 1.54) is 66.7 Å². The lowest BCUT2D eigenvalue weighted by atomic mass is 10.3. The molecule has 14 heteroatoms. The maximum atomic E-state index is 13.5. The number of anilines is 3. The van der Waals surface area contributed by atoms with Gasteiger partial charge in [-0.05, 0) is 66.7 Å². The predicted molar refractivity (Wildman–Crippen MR) is 160 cm³/mol. The molecular formula is C26H19Cl4N3O5S2. The van der Waals surface area contributed by atoms with Gasteiger partial charge in [0.15, 0.2) is 0 Å². The fourth-order valence-corrected chi connectivity index (χ4v) is 7.03. The van der Waals surface area contributed by atoms with Crippen molar-refractivity contribution in [2.45, 2.75) is 9.79 Å². The maximum absolute atomic E-state index is 13.5. The summed E-state index contributed by atoms with van der Waals surface area (Å²) in [6, 6.07) is 21.6. The second kappa shape index (κ2) is 12.3. The van der Waals surface area contributed by atoms with E-state index in [2.05, 4.69) is 10.0 Å². The molecule has 4 aromatic rings. The van der Waals surface area contributed by atoms with Crippen LogP contribution < -0.4 is 14.3 Å². The highest BCUT2D eigenvalue weighted by Crippen LogP contribution is 2.33. The molecule has 0 aliphatic carbocycles. The SMILES string of the molecule is O=C(CN(c1ccc(Cl)cc1Cl)S(=O)(=O)c1ccccc1)Nc1ccc(S(=O)(=O)Nc2cccc(Cl)c2Cl)cc1. The van der Waals surface area contributed by atoms with Crippen LogP contribution in [-0.4, -0.2) is 29.3 Å². The number of hydrogen-bond donors (Lipinski definition) is 2. The normalized spacial score (nSPS) is 11.6. The Morgan fingerprint density at radius 1 is 0.725 bits per heavy atom. The molecule has 0 saturated heterocycles. The van der Waals surface area contributed by atoms with E-state index in [0.29, 0.717) is 0 Å². The standard InChI is InChI=1S/C26H19Cl4N3O5S2/c27-17-9-14-24(22(29)15-17)33(40(37,38)20-5-2-1-3-6-20)16-25(34)31-18-10-12-19(13-11-18)39(35,36)32-23-8-4-7-21(28)26(23)30/h1-15,32H,16H2,(H,31,34). The Kier molecular flexibility index (Phi) is 9.19. The van der Waals surface area contributed by atoms with Crippen molar-refractivity contribution >= 4 is 89.4 Å². The van der Waals surface area contributed by atoms with E-state index in [1.54, 1.807) is 24.3 Å². The highest BCUT2D eigenvalue weighted by molar-refractivity contribution is 7.93. The third-order valence-corrected chi connectivity index (χ3v) is 9.95. The molecule has 8 nitrogen and oxygen atoms in total. The van der Waals surface area contributed by atoms with Crippen LogP contribution in [0.25, 0.3) is 0 Å². The molecule has 1 amide bonds. The van der Waals surface area contributed by atoms with Crippen LogP contribution in [0.3, 0.4) is 0 Å². The first-order chi connectivity index (χ1) is 18.9. The number of nitrogens with zero attached hydrogens (tertiary/aromatic N) is 1. The number of amides is 1. The van der Waals surface area contributed by atoms with Gasteiger partial charge >= 0.3 is 0 Å². The third-order valence-electron chi connectivity index (χ3n) is 5.44. The highest BCUT2D eigenvalue weighted by Gasteiger charge is 2.29. The number of carbonyl (C=O) groups excluding carboxylic acids is 1. The van der Waals surface area contributed by atoms with E-state index in [4.69, 9.17) is 46.4 Å². The lowest BCUT2D eigenvalue weighted by Gasteiger charge is -2.25. The van der Waals surface area contributed by atoms with Gasteiger partial charge in [-0.2, -0.15) is 0 Å². The maximum Gasteiger partial charge on any atom is 0.264 e. The molecule has 4 rings (SSSR count). The Bertz CT molecular complexity index is 1770. The topological polar surface area (TPSA) is 113 Å². The molecule has 0 atom stereocenters. The minimum atomic E-state index is -4.20. The number of nitrogens with one attached hydrogen (secondary N) is 2. The van der Waals surface area contributed by atoms with Gasteiger partial charge < -0.3 is 5.32 Å². The summed E-state index contributed by atoms with van der Waals surface area (Å²) in [6.07, 6.45) is 0. The van der Waals surface area contributed by atoms with Crippen molar-refractivity contribution in [3.63, 3.8) is 0 Å². The van der Waals surface area contributed by atoms with Crippen molar-refractivity contribution in [2.75, 3.05) is 20.9 Å². The summed E-state index contributed by atoms with van der Waals surface area (Å²) in [5.41, 5.74) is 0.383. The molecule has 4 aromatic carbocycles. The van der Waals surface area contributed by atoms with E-state index < -0.39 is 32.5 Å². The zero-order valence-corrected chi connectivity index (χ0v) is 24.8. The molecule has 2 N–H and O–H groups in total. The summed E-state index contributed by atoms with van der Waals surface area (Å²) in [5, 5.41) is 3.12. The van der Waals surface area contributed by atoms with Crippen LogP contribution in [0.1, 0.15) is 0 Å². The number of hydrogen-bond acceptors (Lipinski definition) is 5. The summed E-state index contributed by atoms with van der Waals surface area (Å²) in [6.45, 7) is -0.631. The van der Waals surface area contributed by atoms with Gasteiger partial charge in [0.05, 0.1) is 36.2 Å². The van der Waals surface area contributed by atoms with Crippen molar-refractivity contribution in [1.29, 1.82) is 0 Å². The van der Waals surface area contributed by atoms with E-state index in [9.17, 15) is 21.6 Å². The van der Waals surface area contributed by atoms with Crippen LogP contribution >= 0.6 is 46.4 Å². The van der Waals surface area contributed by atoms with Crippen LogP contribution in [0.15, 0.2) is 101 Å². The van der Waals surface area contributed by atoms with E-state index in [0.717, 1.165) is 4.31 Å². The smallest absolute Gasteiger partial charge is 0.264 e. The molecule has 0 radical (unpaired) electrons. The summed E-state index contributed by atoms with van der Waals surface area (Å²) >= 11 is 24.3. The van der Waals surface area contributed by atoms with Crippen molar-refractivity contribution in [2.24, 2.45) is 0 Å². The van der Waals surface area contributed by atoms with Crippen molar-refractivity contribution in [1.82, 2.24) is 0 Å². The van der Waals surface area contributed by atoms with Crippen LogP contribution in [0.5, 0.6) is 0 Å². The second-order valence-electron chi connectivity index (χ2n) is 8.20. The van der Waals surface area contributed by atoms with Gasteiger partial charge in [0.2, 0.25) is 5.91 Å². The number of benzene rings is 4. The number of sulfonamides is 2. The van der Waals surface area contributed by atoms with Crippen molar-refractivity contribution in [3.05, 3.63) is 111 Å². The Labute approximate surface area is 251 Å². The van der Waals surface area contributed by atoms with Gasteiger partial charge in [-0.1, -0.05) is 70.7 Å². The zero-order chi connectivity index (χ0) is 29.1. The monoisotopic (exact) mass is 657 g/mol. The van der Waals surface area contributed by atoms with Crippen LogP contribution in [0, 0.1) is 0 Å². The van der Waals surface area contributed by atoms with Gasteiger partial charge in [0.25, 0.3) is 20.0 Å². The Morgan fingerprint density at radius 3 is 2.05 bits per heavy atom. The fraction of sp³-hybridized carbons (Fsp3) is 0.0385. The lowest BCUT2D eigenvalue weighted by Crippen LogP contribution is -2.38. The number of halogens is 4. The fourth-order valence-electron chi connectivity index (χ4n) is 3.54. The minimum absolute atomic E-state index is 0.0293. The largest absolute Gasteiger partial charge is 0.325 e. The van der Waals surface area contributed by atoms with Gasteiger partial charge in [0.1, 0.15) is 6.54 Å². The molecule has 0 unspecified atom stereocenters. The first-order valence-electron chi connectivity index (χ1n) is 11.3. The zero-order valence-electron chi connectivity index (χ0n) is 20.2. The molecule has 0 aromatic heterocycles. The minimum Gasteiger partial charge on any atom is -0.325 e.